The average molecular weight is 479 g/mol. The minimum atomic E-state index is -0.421. The van der Waals surface area contributed by atoms with E-state index in [1.807, 2.05) is 78.9 Å². The molecule has 1 N–H and O–H groups in total. The van der Waals surface area contributed by atoms with Crippen LogP contribution in [0.4, 0.5) is 11.4 Å². The van der Waals surface area contributed by atoms with Crippen LogP contribution >= 0.6 is 11.8 Å². The van der Waals surface area contributed by atoms with Crippen molar-refractivity contribution in [3.63, 3.8) is 0 Å². The third-order valence-corrected chi connectivity index (χ3v) is 6.75. The van der Waals surface area contributed by atoms with Gasteiger partial charge >= 0.3 is 0 Å². The molecule has 2 aromatic heterocycles. The fourth-order valence-electron chi connectivity index (χ4n) is 3.70. The van der Waals surface area contributed by atoms with Gasteiger partial charge in [-0.1, -0.05) is 37.7 Å². The second-order valence-corrected chi connectivity index (χ2v) is 10.3. The van der Waals surface area contributed by atoms with E-state index < -0.39 is 5.25 Å². The van der Waals surface area contributed by atoms with E-state index in [-0.39, 0.29) is 11.5 Å². The molecule has 1 unspecified atom stereocenters. The van der Waals surface area contributed by atoms with Crippen LogP contribution in [0.5, 0.6) is 0 Å². The number of carbonyl (C=O) groups excluding carboxylic acids is 1. The summed E-state index contributed by atoms with van der Waals surface area (Å²) in [5, 5.41) is 12.4. The lowest BCUT2D eigenvalue weighted by atomic mass is 10.1. The number of hydrogen-bond donors (Lipinski definition) is 1. The van der Waals surface area contributed by atoms with Crippen LogP contribution in [0.2, 0.25) is 0 Å². The van der Waals surface area contributed by atoms with Gasteiger partial charge in [0, 0.05) is 32.0 Å². The summed E-state index contributed by atoms with van der Waals surface area (Å²) < 4.78 is 3.58. The first-order valence-electron chi connectivity index (χ1n) is 11.4. The second kappa shape index (κ2) is 9.89. The Hall–Kier alpha value is -3.33. The molecule has 34 heavy (non-hydrogen) atoms. The zero-order valence-corrected chi connectivity index (χ0v) is 21.0. The van der Waals surface area contributed by atoms with Crippen LogP contribution in [0.1, 0.15) is 27.2 Å². The summed E-state index contributed by atoms with van der Waals surface area (Å²) in [5.41, 5.74) is 2.47. The number of amides is 1. The summed E-state index contributed by atoms with van der Waals surface area (Å²) >= 11 is 1.32. The lowest BCUT2D eigenvalue weighted by Crippen LogP contribution is -2.25. The molecule has 9 heteroatoms. The normalized spacial score (nSPS) is 12.4. The van der Waals surface area contributed by atoms with E-state index in [1.165, 1.54) is 11.8 Å². The quantitative estimate of drug-likeness (QED) is 0.381. The number of hydrogen-bond acceptors (Lipinski definition) is 6. The summed E-state index contributed by atoms with van der Waals surface area (Å²) in [4.78, 5) is 28.1. The fourth-order valence-corrected chi connectivity index (χ4v) is 4.55. The van der Waals surface area contributed by atoms with Gasteiger partial charge in [0.1, 0.15) is 0 Å². The number of aromatic nitrogens is 4. The predicted molar refractivity (Wildman–Crippen MR) is 139 cm³/mol. The van der Waals surface area contributed by atoms with Crippen LogP contribution in [0, 0.1) is 5.92 Å². The lowest BCUT2D eigenvalue weighted by molar-refractivity contribution is -0.115. The zero-order valence-electron chi connectivity index (χ0n) is 20.1. The molecule has 2 heterocycles. The maximum Gasteiger partial charge on any atom is 0.262 e. The zero-order chi connectivity index (χ0) is 24.4. The van der Waals surface area contributed by atoms with Gasteiger partial charge in [-0.05, 0) is 55.7 Å². The van der Waals surface area contributed by atoms with Crippen molar-refractivity contribution in [2.45, 2.75) is 44.1 Å². The Morgan fingerprint density at radius 1 is 1.06 bits per heavy atom. The highest BCUT2D eigenvalue weighted by Gasteiger charge is 2.22. The first-order valence-corrected chi connectivity index (χ1v) is 12.3. The van der Waals surface area contributed by atoms with Gasteiger partial charge in [0.2, 0.25) is 11.7 Å². The van der Waals surface area contributed by atoms with Crippen molar-refractivity contribution in [1.29, 1.82) is 0 Å². The number of thioether (sulfide) groups is 1. The SMILES string of the molecule is CC(C)CCn1c(=O)c2ccccc2n2c(SC(C)C(=O)Nc3ccc(N(C)C)cc3)nnc12. The molecule has 0 bridgehead atoms. The minimum absolute atomic E-state index is 0.0698. The van der Waals surface area contributed by atoms with E-state index >= 15 is 0 Å². The molecular formula is C25H30N6O2S. The molecule has 0 aliphatic heterocycles. The Morgan fingerprint density at radius 2 is 1.76 bits per heavy atom. The van der Waals surface area contributed by atoms with Gasteiger partial charge in [-0.15, -0.1) is 10.2 Å². The van der Waals surface area contributed by atoms with Crippen LogP contribution in [0.25, 0.3) is 16.7 Å². The number of nitrogens with zero attached hydrogens (tertiary/aromatic N) is 5. The molecule has 178 valence electrons. The fraction of sp³-hybridized carbons (Fsp3) is 0.360. The van der Waals surface area contributed by atoms with Crippen LogP contribution in [-0.2, 0) is 11.3 Å². The summed E-state index contributed by atoms with van der Waals surface area (Å²) in [5.74, 6) is 0.821. The van der Waals surface area contributed by atoms with Crippen LogP contribution in [0.3, 0.4) is 0 Å². The molecular weight excluding hydrogens is 448 g/mol. The Morgan fingerprint density at radius 3 is 2.44 bits per heavy atom. The molecule has 8 nitrogen and oxygen atoms in total. The number of benzene rings is 2. The molecule has 0 saturated heterocycles. The molecule has 0 radical (unpaired) electrons. The average Bonchev–Trinajstić information content (AvgIpc) is 3.22. The van der Waals surface area contributed by atoms with Gasteiger partial charge in [0.25, 0.3) is 5.56 Å². The molecule has 1 amide bonds. The lowest BCUT2D eigenvalue weighted by Gasteiger charge is -2.15. The standard InChI is InChI=1S/C25H30N6O2S/c1-16(2)14-15-30-23(33)20-8-6-7-9-21(20)31-24(30)27-28-25(31)34-17(3)22(32)26-18-10-12-19(13-11-18)29(4)5/h6-13,16-17H,14-15H2,1-5H3,(H,26,32). The second-order valence-electron chi connectivity index (χ2n) is 8.97. The van der Waals surface area contributed by atoms with Crippen molar-refractivity contribution in [2.75, 3.05) is 24.3 Å². The summed E-state index contributed by atoms with van der Waals surface area (Å²) in [6.07, 6.45) is 0.856. The van der Waals surface area contributed by atoms with Gasteiger partial charge < -0.3 is 10.2 Å². The maximum absolute atomic E-state index is 13.2. The van der Waals surface area contributed by atoms with Crippen molar-refractivity contribution in [1.82, 2.24) is 19.2 Å². The first-order chi connectivity index (χ1) is 16.3. The highest BCUT2D eigenvalue weighted by molar-refractivity contribution is 8.00. The molecule has 4 rings (SSSR count). The largest absolute Gasteiger partial charge is 0.378 e. The van der Waals surface area contributed by atoms with E-state index in [2.05, 4.69) is 29.4 Å². The van der Waals surface area contributed by atoms with Gasteiger partial charge in [0.05, 0.1) is 16.2 Å². The smallest absolute Gasteiger partial charge is 0.262 e. The number of nitrogens with one attached hydrogen (secondary N) is 1. The minimum Gasteiger partial charge on any atom is -0.378 e. The van der Waals surface area contributed by atoms with Gasteiger partial charge in [-0.3, -0.25) is 18.6 Å². The Kier molecular flexibility index (Phi) is 6.92. The summed E-state index contributed by atoms with van der Waals surface area (Å²) in [6.45, 7) is 6.66. The molecule has 0 aliphatic rings. The number of fused-ring (bicyclic) bond motifs is 3. The molecule has 1 atom stereocenters. The first kappa shape index (κ1) is 23.8. The van der Waals surface area contributed by atoms with Crippen LogP contribution < -0.4 is 15.8 Å². The maximum atomic E-state index is 13.2. The number of para-hydroxylation sites is 1. The number of anilines is 2. The van der Waals surface area contributed by atoms with Gasteiger partial charge in [-0.2, -0.15) is 0 Å². The van der Waals surface area contributed by atoms with Crippen molar-refractivity contribution < 1.29 is 4.79 Å². The Bertz CT molecular complexity index is 1370. The van der Waals surface area contributed by atoms with Gasteiger partial charge in [-0.25, -0.2) is 0 Å². The van der Waals surface area contributed by atoms with E-state index in [0.717, 1.165) is 23.3 Å². The van der Waals surface area contributed by atoms with Crippen LogP contribution in [0.15, 0.2) is 58.5 Å². The van der Waals surface area contributed by atoms with E-state index in [4.69, 9.17) is 0 Å². The number of carbonyl (C=O) groups is 1. The molecule has 0 aliphatic carbocycles. The molecule has 4 aromatic rings. The van der Waals surface area contributed by atoms with Gasteiger partial charge in [0.15, 0.2) is 5.16 Å². The molecule has 0 spiro atoms. The van der Waals surface area contributed by atoms with Crippen molar-refractivity contribution in [3.05, 3.63) is 58.9 Å². The highest BCUT2D eigenvalue weighted by Crippen LogP contribution is 2.26. The number of aryl methyl sites for hydroxylation is 1. The Labute approximate surface area is 203 Å². The van der Waals surface area contributed by atoms with Crippen LogP contribution in [-0.4, -0.2) is 44.4 Å². The third-order valence-electron chi connectivity index (χ3n) is 5.71. The van der Waals surface area contributed by atoms with Crippen molar-refractivity contribution >= 4 is 45.7 Å². The topological polar surface area (TPSA) is 84.5 Å². The predicted octanol–water partition coefficient (Wildman–Crippen LogP) is 4.28. The number of rotatable bonds is 8. The van der Waals surface area contributed by atoms with Crippen molar-refractivity contribution in [2.24, 2.45) is 5.92 Å². The summed E-state index contributed by atoms with van der Waals surface area (Å²) in [7, 11) is 3.95. The molecule has 0 saturated carbocycles. The van der Waals surface area contributed by atoms with Crippen molar-refractivity contribution in [3.8, 4) is 0 Å². The monoisotopic (exact) mass is 478 g/mol. The van der Waals surface area contributed by atoms with E-state index in [9.17, 15) is 9.59 Å². The third kappa shape index (κ3) is 4.79. The molecule has 2 aromatic carbocycles. The molecule has 0 fully saturated rings. The Balaban J connectivity index is 1.64. The van der Waals surface area contributed by atoms with E-state index in [0.29, 0.717) is 28.8 Å². The van der Waals surface area contributed by atoms with E-state index in [1.54, 1.807) is 4.57 Å². The summed E-state index contributed by atoms with van der Waals surface area (Å²) in [6, 6.07) is 15.2. The highest BCUT2D eigenvalue weighted by atomic mass is 32.2.